The second-order valence-electron chi connectivity index (χ2n) is 5.05. The molecule has 5 heteroatoms. The molecule has 0 aromatic heterocycles. The highest BCUT2D eigenvalue weighted by molar-refractivity contribution is 9.10. The molecule has 1 saturated heterocycles. The van der Waals surface area contributed by atoms with Crippen LogP contribution in [0.25, 0.3) is 0 Å². The SMILES string of the molecule is CC(=O)c1cc(Br)ccc1C/C=C/C1CCC(=O)NC1=O. The Morgan fingerprint density at radius 3 is 2.86 bits per heavy atom. The van der Waals surface area contributed by atoms with Crippen LogP contribution < -0.4 is 5.32 Å². The lowest BCUT2D eigenvalue weighted by Crippen LogP contribution is -2.39. The van der Waals surface area contributed by atoms with Crippen molar-refractivity contribution in [2.75, 3.05) is 0 Å². The van der Waals surface area contributed by atoms with Crippen molar-refractivity contribution >= 4 is 33.5 Å². The molecule has 0 aliphatic carbocycles. The van der Waals surface area contributed by atoms with Gasteiger partial charge in [-0.15, -0.1) is 0 Å². The van der Waals surface area contributed by atoms with E-state index < -0.39 is 0 Å². The molecule has 0 spiro atoms. The quantitative estimate of drug-likeness (QED) is 0.516. The maximum absolute atomic E-state index is 11.6. The molecule has 1 aromatic rings. The number of allylic oxidation sites excluding steroid dienone is 1. The van der Waals surface area contributed by atoms with Crippen molar-refractivity contribution in [3.05, 3.63) is 46.0 Å². The number of imide groups is 1. The van der Waals surface area contributed by atoms with Crippen molar-refractivity contribution in [1.82, 2.24) is 5.32 Å². The average molecular weight is 350 g/mol. The fourth-order valence-corrected chi connectivity index (χ4v) is 2.67. The summed E-state index contributed by atoms with van der Waals surface area (Å²) >= 11 is 3.35. The Kier molecular flexibility index (Phi) is 5.07. The van der Waals surface area contributed by atoms with Crippen LogP contribution in [-0.4, -0.2) is 17.6 Å². The van der Waals surface area contributed by atoms with Crippen LogP contribution in [0.4, 0.5) is 0 Å². The Hall–Kier alpha value is -1.75. The average Bonchev–Trinajstić information content (AvgIpc) is 2.42. The summed E-state index contributed by atoms with van der Waals surface area (Å²) in [5, 5.41) is 2.33. The lowest BCUT2D eigenvalue weighted by atomic mass is 9.96. The van der Waals surface area contributed by atoms with E-state index in [9.17, 15) is 14.4 Å². The molecule has 110 valence electrons. The van der Waals surface area contributed by atoms with Crippen molar-refractivity contribution in [1.29, 1.82) is 0 Å². The monoisotopic (exact) mass is 349 g/mol. The Morgan fingerprint density at radius 2 is 2.19 bits per heavy atom. The van der Waals surface area contributed by atoms with E-state index in [1.807, 2.05) is 24.3 Å². The second-order valence-corrected chi connectivity index (χ2v) is 5.96. The number of hydrogen-bond acceptors (Lipinski definition) is 3. The smallest absolute Gasteiger partial charge is 0.233 e. The normalized spacial score (nSPS) is 18.9. The number of hydrogen-bond donors (Lipinski definition) is 1. The fraction of sp³-hybridized carbons (Fsp3) is 0.312. The van der Waals surface area contributed by atoms with Gasteiger partial charge in [0.2, 0.25) is 11.8 Å². The van der Waals surface area contributed by atoms with Crippen molar-refractivity contribution in [3.63, 3.8) is 0 Å². The summed E-state index contributed by atoms with van der Waals surface area (Å²) in [5.41, 5.74) is 1.60. The van der Waals surface area contributed by atoms with Crippen LogP contribution >= 0.6 is 15.9 Å². The molecule has 1 aromatic carbocycles. The molecule has 0 radical (unpaired) electrons. The van der Waals surface area contributed by atoms with Crippen LogP contribution in [0.2, 0.25) is 0 Å². The summed E-state index contributed by atoms with van der Waals surface area (Å²) in [6.07, 6.45) is 5.20. The predicted octanol–water partition coefficient (Wildman–Crippen LogP) is 2.80. The third kappa shape index (κ3) is 4.11. The van der Waals surface area contributed by atoms with E-state index in [4.69, 9.17) is 0 Å². The van der Waals surface area contributed by atoms with Crippen molar-refractivity contribution in [3.8, 4) is 0 Å². The van der Waals surface area contributed by atoms with Gasteiger partial charge in [-0.2, -0.15) is 0 Å². The number of Topliss-reactive ketones (excluding diaryl/α,β-unsaturated/α-hetero) is 1. The van der Waals surface area contributed by atoms with E-state index in [0.29, 0.717) is 24.8 Å². The van der Waals surface area contributed by atoms with Gasteiger partial charge in [0, 0.05) is 16.5 Å². The molecular formula is C16H16BrNO3. The number of nitrogens with one attached hydrogen (secondary N) is 1. The molecule has 21 heavy (non-hydrogen) atoms. The lowest BCUT2D eigenvalue weighted by Gasteiger charge is -2.17. The predicted molar refractivity (Wildman–Crippen MR) is 82.9 cm³/mol. The zero-order valence-corrected chi connectivity index (χ0v) is 13.3. The van der Waals surface area contributed by atoms with Crippen LogP contribution in [0, 0.1) is 5.92 Å². The minimum absolute atomic E-state index is 0.0145. The number of rotatable bonds is 4. The molecule has 1 unspecified atom stereocenters. The third-order valence-electron chi connectivity index (χ3n) is 3.44. The Bertz CT molecular complexity index is 622. The van der Waals surface area contributed by atoms with Crippen LogP contribution in [0.1, 0.15) is 35.7 Å². The molecule has 1 N–H and O–H groups in total. The van der Waals surface area contributed by atoms with Gasteiger partial charge < -0.3 is 0 Å². The highest BCUT2D eigenvalue weighted by atomic mass is 79.9. The highest BCUT2D eigenvalue weighted by Gasteiger charge is 2.23. The standard InChI is InChI=1S/C16H16BrNO3/c1-10(19)14-9-13(17)7-5-11(14)3-2-4-12-6-8-15(20)18-16(12)21/h2,4-5,7,9,12H,3,6,8H2,1H3,(H,18,20,21)/b4-2+. The van der Waals surface area contributed by atoms with E-state index in [-0.39, 0.29) is 23.5 Å². The van der Waals surface area contributed by atoms with Gasteiger partial charge >= 0.3 is 0 Å². The zero-order valence-electron chi connectivity index (χ0n) is 11.7. The van der Waals surface area contributed by atoms with Gasteiger partial charge in [0.15, 0.2) is 5.78 Å². The van der Waals surface area contributed by atoms with Gasteiger partial charge in [0.25, 0.3) is 0 Å². The number of amides is 2. The minimum Gasteiger partial charge on any atom is -0.296 e. The number of halogens is 1. The minimum atomic E-state index is -0.265. The number of carbonyl (C=O) groups is 3. The first-order valence-corrected chi connectivity index (χ1v) is 7.56. The van der Waals surface area contributed by atoms with Crippen molar-refractivity contribution < 1.29 is 14.4 Å². The van der Waals surface area contributed by atoms with E-state index in [1.54, 1.807) is 6.07 Å². The molecule has 1 heterocycles. The summed E-state index contributed by atoms with van der Waals surface area (Å²) < 4.78 is 0.866. The topological polar surface area (TPSA) is 63.2 Å². The second kappa shape index (κ2) is 6.80. The molecule has 1 fully saturated rings. The van der Waals surface area contributed by atoms with Gasteiger partial charge in [-0.3, -0.25) is 19.7 Å². The molecule has 2 amide bonds. The van der Waals surface area contributed by atoms with Crippen LogP contribution in [-0.2, 0) is 16.0 Å². The largest absolute Gasteiger partial charge is 0.296 e. The first-order chi connectivity index (χ1) is 9.97. The van der Waals surface area contributed by atoms with Gasteiger partial charge in [-0.05, 0) is 37.5 Å². The summed E-state index contributed by atoms with van der Waals surface area (Å²) in [5.74, 6) is -0.707. The molecule has 0 saturated carbocycles. The van der Waals surface area contributed by atoms with Gasteiger partial charge in [0.05, 0.1) is 5.92 Å². The first kappa shape index (κ1) is 15.6. The first-order valence-electron chi connectivity index (χ1n) is 6.77. The summed E-state index contributed by atoms with van der Waals surface area (Å²) in [6, 6.07) is 5.59. The Balaban J connectivity index is 2.06. The third-order valence-corrected chi connectivity index (χ3v) is 3.93. The zero-order chi connectivity index (χ0) is 15.4. The molecule has 2 rings (SSSR count). The molecule has 1 atom stereocenters. The number of benzene rings is 1. The van der Waals surface area contributed by atoms with Crippen molar-refractivity contribution in [2.24, 2.45) is 5.92 Å². The van der Waals surface area contributed by atoms with Gasteiger partial charge in [-0.25, -0.2) is 0 Å². The van der Waals surface area contributed by atoms with Crippen LogP contribution in [0.5, 0.6) is 0 Å². The molecule has 1 aliphatic heterocycles. The number of carbonyl (C=O) groups excluding carboxylic acids is 3. The van der Waals surface area contributed by atoms with E-state index in [0.717, 1.165) is 10.0 Å². The fourth-order valence-electron chi connectivity index (χ4n) is 2.31. The Labute approximate surface area is 131 Å². The summed E-state index contributed by atoms with van der Waals surface area (Å²) in [7, 11) is 0. The van der Waals surface area contributed by atoms with Gasteiger partial charge in [-0.1, -0.05) is 34.1 Å². The molecule has 1 aliphatic rings. The van der Waals surface area contributed by atoms with E-state index in [2.05, 4.69) is 21.2 Å². The molecule has 0 bridgehead atoms. The van der Waals surface area contributed by atoms with E-state index >= 15 is 0 Å². The van der Waals surface area contributed by atoms with Crippen LogP contribution in [0.15, 0.2) is 34.8 Å². The summed E-state index contributed by atoms with van der Waals surface area (Å²) in [6.45, 7) is 1.54. The summed E-state index contributed by atoms with van der Waals surface area (Å²) in [4.78, 5) is 34.3. The maximum Gasteiger partial charge on any atom is 0.233 e. The number of ketones is 1. The highest BCUT2D eigenvalue weighted by Crippen LogP contribution is 2.19. The van der Waals surface area contributed by atoms with Gasteiger partial charge in [0.1, 0.15) is 0 Å². The number of piperidine rings is 1. The molecular weight excluding hydrogens is 334 g/mol. The van der Waals surface area contributed by atoms with E-state index in [1.165, 1.54) is 6.92 Å². The van der Waals surface area contributed by atoms with Crippen LogP contribution in [0.3, 0.4) is 0 Å². The maximum atomic E-state index is 11.6. The molecule has 4 nitrogen and oxygen atoms in total. The Morgan fingerprint density at radius 1 is 1.43 bits per heavy atom. The lowest BCUT2D eigenvalue weighted by molar-refractivity contribution is -0.135. The van der Waals surface area contributed by atoms with Crippen molar-refractivity contribution in [2.45, 2.75) is 26.2 Å².